The van der Waals surface area contributed by atoms with Crippen molar-refractivity contribution in [2.24, 2.45) is 0 Å². The summed E-state index contributed by atoms with van der Waals surface area (Å²) < 4.78 is 0. The molecular formula is C15H15Cl2NO. The van der Waals surface area contributed by atoms with Gasteiger partial charge in [0.2, 0.25) is 0 Å². The van der Waals surface area contributed by atoms with Crippen LogP contribution in [0.3, 0.4) is 0 Å². The molecule has 0 bridgehead atoms. The van der Waals surface area contributed by atoms with E-state index in [1.165, 1.54) is 0 Å². The van der Waals surface area contributed by atoms with Crippen LogP contribution in [0.1, 0.15) is 17.2 Å². The van der Waals surface area contributed by atoms with Crippen LogP contribution in [0.5, 0.6) is 0 Å². The second kappa shape index (κ2) is 6.92. The molecule has 0 aliphatic rings. The highest BCUT2D eigenvalue weighted by molar-refractivity contribution is 6.33. The Bertz CT molecular complexity index is 531. The molecule has 1 atom stereocenters. The number of nitrogens with one attached hydrogen (secondary N) is 1. The molecule has 19 heavy (non-hydrogen) atoms. The highest BCUT2D eigenvalue weighted by Gasteiger charge is 2.10. The zero-order chi connectivity index (χ0) is 13.7. The van der Waals surface area contributed by atoms with Crippen molar-refractivity contribution in [1.82, 2.24) is 5.32 Å². The van der Waals surface area contributed by atoms with Gasteiger partial charge in [-0.25, -0.2) is 0 Å². The van der Waals surface area contributed by atoms with E-state index in [-0.39, 0.29) is 12.6 Å². The van der Waals surface area contributed by atoms with Gasteiger partial charge < -0.3 is 10.4 Å². The van der Waals surface area contributed by atoms with Crippen molar-refractivity contribution in [1.29, 1.82) is 0 Å². The number of hydrogen-bond donors (Lipinski definition) is 2. The smallest absolute Gasteiger partial charge is 0.0626 e. The fourth-order valence-electron chi connectivity index (χ4n) is 1.89. The molecule has 0 aliphatic carbocycles. The summed E-state index contributed by atoms with van der Waals surface area (Å²) in [6, 6.07) is 15.1. The quantitative estimate of drug-likeness (QED) is 0.879. The third kappa shape index (κ3) is 3.95. The first-order valence-corrected chi connectivity index (χ1v) is 6.79. The summed E-state index contributed by atoms with van der Waals surface area (Å²) in [4.78, 5) is 0. The summed E-state index contributed by atoms with van der Waals surface area (Å²) in [6.07, 6.45) is 0. The van der Waals surface area contributed by atoms with E-state index in [4.69, 9.17) is 23.2 Å². The summed E-state index contributed by atoms with van der Waals surface area (Å²) >= 11 is 12.1. The molecule has 0 unspecified atom stereocenters. The zero-order valence-corrected chi connectivity index (χ0v) is 11.8. The SMILES string of the molecule is OC[C@@H](NCc1cc(Cl)ccc1Cl)c1ccccc1. The summed E-state index contributed by atoms with van der Waals surface area (Å²) in [5.41, 5.74) is 1.96. The van der Waals surface area contributed by atoms with E-state index >= 15 is 0 Å². The zero-order valence-electron chi connectivity index (χ0n) is 10.3. The first-order valence-electron chi connectivity index (χ1n) is 6.04. The number of hydrogen-bond acceptors (Lipinski definition) is 2. The summed E-state index contributed by atoms with van der Waals surface area (Å²) in [5.74, 6) is 0. The fourth-order valence-corrected chi connectivity index (χ4v) is 2.26. The Morgan fingerprint density at radius 3 is 2.47 bits per heavy atom. The number of benzene rings is 2. The van der Waals surface area contributed by atoms with Gasteiger partial charge >= 0.3 is 0 Å². The van der Waals surface area contributed by atoms with Crippen molar-refractivity contribution >= 4 is 23.2 Å². The number of rotatable bonds is 5. The van der Waals surface area contributed by atoms with Crippen LogP contribution in [0.2, 0.25) is 10.0 Å². The van der Waals surface area contributed by atoms with Gasteiger partial charge in [0.25, 0.3) is 0 Å². The molecule has 0 aromatic heterocycles. The van der Waals surface area contributed by atoms with Crippen molar-refractivity contribution < 1.29 is 5.11 Å². The minimum Gasteiger partial charge on any atom is -0.394 e. The van der Waals surface area contributed by atoms with Gasteiger partial charge in [-0.3, -0.25) is 0 Å². The average molecular weight is 296 g/mol. The van der Waals surface area contributed by atoms with Crippen LogP contribution in [0, 0.1) is 0 Å². The highest BCUT2D eigenvalue weighted by Crippen LogP contribution is 2.21. The van der Waals surface area contributed by atoms with Crippen LogP contribution in [0.25, 0.3) is 0 Å². The standard InChI is InChI=1S/C15H15Cl2NO/c16-13-6-7-14(17)12(8-13)9-18-15(10-19)11-4-2-1-3-5-11/h1-8,15,18-19H,9-10H2/t15-/m1/s1. The van der Waals surface area contributed by atoms with Gasteiger partial charge in [0.05, 0.1) is 12.6 Å². The van der Waals surface area contributed by atoms with Crippen LogP contribution in [0.4, 0.5) is 0 Å². The normalized spacial score (nSPS) is 12.4. The van der Waals surface area contributed by atoms with E-state index in [0.717, 1.165) is 11.1 Å². The third-order valence-electron chi connectivity index (χ3n) is 2.93. The third-order valence-corrected chi connectivity index (χ3v) is 3.54. The Labute approximate surface area is 123 Å². The van der Waals surface area contributed by atoms with Gasteiger partial charge in [-0.15, -0.1) is 0 Å². The topological polar surface area (TPSA) is 32.3 Å². The van der Waals surface area contributed by atoms with Crippen molar-refractivity contribution in [3.63, 3.8) is 0 Å². The molecule has 2 rings (SSSR count). The van der Waals surface area contributed by atoms with Gasteiger partial charge in [-0.2, -0.15) is 0 Å². The van der Waals surface area contributed by atoms with Crippen LogP contribution in [-0.4, -0.2) is 11.7 Å². The Balaban J connectivity index is 2.06. The average Bonchev–Trinajstić information content (AvgIpc) is 2.44. The molecule has 0 radical (unpaired) electrons. The lowest BCUT2D eigenvalue weighted by Crippen LogP contribution is -2.24. The second-order valence-electron chi connectivity index (χ2n) is 4.26. The molecule has 2 N–H and O–H groups in total. The number of halogens is 2. The lowest BCUT2D eigenvalue weighted by atomic mass is 10.1. The van der Waals surface area contributed by atoms with Crippen LogP contribution >= 0.6 is 23.2 Å². The summed E-state index contributed by atoms with van der Waals surface area (Å²) in [6.45, 7) is 0.585. The first-order chi connectivity index (χ1) is 9.20. The molecule has 2 nitrogen and oxygen atoms in total. The lowest BCUT2D eigenvalue weighted by molar-refractivity contribution is 0.243. The Morgan fingerprint density at radius 2 is 1.79 bits per heavy atom. The minimum absolute atomic E-state index is 0.0300. The van der Waals surface area contributed by atoms with E-state index in [9.17, 15) is 5.11 Å². The van der Waals surface area contributed by atoms with E-state index in [1.807, 2.05) is 36.4 Å². The first kappa shape index (κ1) is 14.4. The molecule has 100 valence electrons. The molecule has 0 saturated carbocycles. The van der Waals surface area contributed by atoms with Crippen molar-refractivity contribution in [2.75, 3.05) is 6.61 Å². The predicted octanol–water partition coefficient (Wildman–Crippen LogP) is 3.82. The molecule has 0 heterocycles. The highest BCUT2D eigenvalue weighted by atomic mass is 35.5. The molecule has 2 aromatic rings. The van der Waals surface area contributed by atoms with E-state index in [0.29, 0.717) is 16.6 Å². The van der Waals surface area contributed by atoms with Gasteiger partial charge in [0.15, 0.2) is 0 Å². The molecule has 0 amide bonds. The maximum Gasteiger partial charge on any atom is 0.0626 e. The van der Waals surface area contributed by atoms with E-state index in [1.54, 1.807) is 12.1 Å². The largest absolute Gasteiger partial charge is 0.394 e. The van der Waals surface area contributed by atoms with Crippen LogP contribution in [-0.2, 0) is 6.54 Å². The Morgan fingerprint density at radius 1 is 1.05 bits per heavy atom. The van der Waals surface area contributed by atoms with Gasteiger partial charge in [-0.05, 0) is 29.3 Å². The number of aliphatic hydroxyl groups excluding tert-OH is 1. The molecular weight excluding hydrogens is 281 g/mol. The Hall–Kier alpha value is -1.06. The minimum atomic E-state index is -0.115. The maximum absolute atomic E-state index is 9.46. The second-order valence-corrected chi connectivity index (χ2v) is 5.11. The van der Waals surface area contributed by atoms with E-state index in [2.05, 4.69) is 5.32 Å². The molecule has 2 aromatic carbocycles. The van der Waals surface area contributed by atoms with Crippen molar-refractivity contribution in [2.45, 2.75) is 12.6 Å². The van der Waals surface area contributed by atoms with Gasteiger partial charge in [0, 0.05) is 16.6 Å². The molecule has 0 saturated heterocycles. The van der Waals surface area contributed by atoms with Crippen molar-refractivity contribution in [3.05, 3.63) is 69.7 Å². The molecule has 0 aliphatic heterocycles. The van der Waals surface area contributed by atoms with Gasteiger partial charge in [0.1, 0.15) is 0 Å². The summed E-state index contributed by atoms with van der Waals surface area (Å²) in [7, 11) is 0. The number of aliphatic hydroxyl groups is 1. The van der Waals surface area contributed by atoms with Crippen molar-refractivity contribution in [3.8, 4) is 0 Å². The predicted molar refractivity (Wildman–Crippen MR) is 79.6 cm³/mol. The Kier molecular flexibility index (Phi) is 5.23. The van der Waals surface area contributed by atoms with Crippen LogP contribution in [0.15, 0.2) is 48.5 Å². The fraction of sp³-hybridized carbons (Fsp3) is 0.200. The molecule has 0 fully saturated rings. The maximum atomic E-state index is 9.46. The van der Waals surface area contributed by atoms with Crippen LogP contribution < -0.4 is 5.32 Å². The van der Waals surface area contributed by atoms with Gasteiger partial charge in [-0.1, -0.05) is 53.5 Å². The summed E-state index contributed by atoms with van der Waals surface area (Å²) in [5, 5.41) is 14.1. The molecule has 0 spiro atoms. The molecule has 4 heteroatoms. The monoisotopic (exact) mass is 295 g/mol. The lowest BCUT2D eigenvalue weighted by Gasteiger charge is -2.17. The van der Waals surface area contributed by atoms with E-state index < -0.39 is 0 Å².